The third-order valence-electron chi connectivity index (χ3n) is 0. The van der Waals surface area contributed by atoms with Gasteiger partial charge in [0.1, 0.15) is 0 Å². The minimum Gasteiger partial charge on any atom is -1.00 e. The maximum absolute atomic E-state index is 2.12. The number of hydrogen-bond donors (Lipinski definition) is 0. The monoisotopic (exact) mass is 170 g/mol. The summed E-state index contributed by atoms with van der Waals surface area (Å²) in [5, 5.41) is 0. The molecule has 0 aromatic carbocycles. The normalized spacial score (nSPS) is 2.00. The fraction of sp³-hybridized carbons (Fsp3) is 1.00. The van der Waals surface area contributed by atoms with Gasteiger partial charge in [-0.25, -0.2) is 0 Å². The van der Waals surface area contributed by atoms with E-state index < -0.39 is 0 Å². The fourth-order valence-corrected chi connectivity index (χ4v) is 0. The Morgan fingerprint density at radius 2 is 0.667 bits per heavy atom. The molecular weight excluding hydrogens is 162 g/mol. The van der Waals surface area contributed by atoms with E-state index in [1.807, 2.05) is 0 Å². The van der Waals surface area contributed by atoms with E-state index in [-0.39, 0.29) is 103 Å². The van der Waals surface area contributed by atoms with Gasteiger partial charge in [0.05, 0.1) is 0 Å². The van der Waals surface area contributed by atoms with Crippen LogP contribution >= 0.6 is 0 Å². The Morgan fingerprint density at radius 3 is 0.667 bits per heavy atom. The summed E-state index contributed by atoms with van der Waals surface area (Å²) in [4.78, 5) is 0. The molecule has 0 aliphatic carbocycles. The van der Waals surface area contributed by atoms with Crippen LogP contribution in [0, 0.1) is 0 Å². The van der Waals surface area contributed by atoms with Crippen molar-refractivity contribution in [3.63, 3.8) is 0 Å². The second kappa shape index (κ2) is 72.0. The van der Waals surface area contributed by atoms with Gasteiger partial charge in [-0.05, 0) is 0 Å². The van der Waals surface area contributed by atoms with Crippen LogP contribution < -0.4 is 103 Å². The molecule has 0 aliphatic heterocycles. The Balaban J connectivity index is -0.00000000133. The SMILES string of the molecule is CCC.[F-].[F-].[F-].[Na+].[Na+].[Na+]. The molecule has 0 heterocycles. The van der Waals surface area contributed by atoms with Gasteiger partial charge in [0.15, 0.2) is 0 Å². The fourth-order valence-electron chi connectivity index (χ4n) is 0. The predicted molar refractivity (Wildman–Crippen MR) is 16.0 cm³/mol. The molecule has 0 saturated carbocycles. The molecule has 0 saturated heterocycles. The first-order chi connectivity index (χ1) is 1.41. The van der Waals surface area contributed by atoms with Gasteiger partial charge in [0.25, 0.3) is 0 Å². The van der Waals surface area contributed by atoms with E-state index in [1.54, 1.807) is 0 Å². The first-order valence-corrected chi connectivity index (χ1v) is 1.41. The zero-order valence-electron chi connectivity index (χ0n) is 6.84. The molecule has 0 aromatic heterocycles. The molecule has 0 unspecified atom stereocenters. The Morgan fingerprint density at radius 1 is 0.667 bits per heavy atom. The molecule has 0 aliphatic rings. The molecule has 0 rings (SSSR count). The zero-order valence-corrected chi connectivity index (χ0v) is 12.8. The minimum atomic E-state index is 0. The van der Waals surface area contributed by atoms with E-state index in [4.69, 9.17) is 0 Å². The Kier molecular flexibility index (Phi) is 479. The summed E-state index contributed by atoms with van der Waals surface area (Å²) < 4.78 is 0. The minimum absolute atomic E-state index is 0. The molecule has 0 atom stereocenters. The standard InChI is InChI=1S/C3H8.3FH.3Na/c1-3-2;;;;;;/h3H2,1-2H3;3*1H;;;/q;;;;3*+1/p-3. The Bertz CT molecular complexity index is 14.3. The molecular formula is C3H8F3Na3. The molecule has 0 radical (unpaired) electrons. The molecule has 9 heavy (non-hydrogen) atoms. The third kappa shape index (κ3) is 107. The van der Waals surface area contributed by atoms with Crippen LogP contribution in [-0.2, 0) is 0 Å². The van der Waals surface area contributed by atoms with E-state index in [9.17, 15) is 0 Å². The van der Waals surface area contributed by atoms with Crippen LogP contribution in [0.25, 0.3) is 0 Å². The van der Waals surface area contributed by atoms with Crippen LogP contribution in [0.15, 0.2) is 0 Å². The van der Waals surface area contributed by atoms with Gasteiger partial charge in [-0.3, -0.25) is 0 Å². The second-order valence-electron chi connectivity index (χ2n) is 0.707. The van der Waals surface area contributed by atoms with Crippen molar-refractivity contribution in [2.24, 2.45) is 0 Å². The molecule has 0 nitrogen and oxygen atoms in total. The summed E-state index contributed by atoms with van der Waals surface area (Å²) in [7, 11) is 0. The summed E-state index contributed by atoms with van der Waals surface area (Å²) in [5.74, 6) is 0. The van der Waals surface area contributed by atoms with Crippen molar-refractivity contribution in [3.05, 3.63) is 0 Å². The van der Waals surface area contributed by atoms with Crippen LogP contribution in [0.2, 0.25) is 0 Å². The van der Waals surface area contributed by atoms with Crippen LogP contribution in [0.3, 0.4) is 0 Å². The quantitative estimate of drug-likeness (QED) is 0.317. The van der Waals surface area contributed by atoms with Gasteiger partial charge in [0, 0.05) is 0 Å². The van der Waals surface area contributed by atoms with Crippen LogP contribution in [0.5, 0.6) is 0 Å². The van der Waals surface area contributed by atoms with E-state index in [2.05, 4.69) is 13.8 Å². The largest absolute Gasteiger partial charge is 1.00 e. The van der Waals surface area contributed by atoms with Crippen molar-refractivity contribution in [2.75, 3.05) is 0 Å². The van der Waals surface area contributed by atoms with Crippen LogP contribution in [0.1, 0.15) is 20.3 Å². The van der Waals surface area contributed by atoms with E-state index >= 15 is 0 Å². The third-order valence-corrected chi connectivity index (χ3v) is 0. The zero-order chi connectivity index (χ0) is 2.71. The summed E-state index contributed by atoms with van der Waals surface area (Å²) in [6.07, 6.45) is 1.25. The first kappa shape index (κ1) is 59.8. The van der Waals surface area contributed by atoms with Gasteiger partial charge < -0.3 is 14.1 Å². The summed E-state index contributed by atoms with van der Waals surface area (Å²) in [6, 6.07) is 0. The van der Waals surface area contributed by atoms with Gasteiger partial charge in [-0.15, -0.1) is 0 Å². The van der Waals surface area contributed by atoms with E-state index in [0.717, 1.165) is 0 Å². The predicted octanol–water partition coefficient (Wildman–Crippen LogP) is -16.6. The van der Waals surface area contributed by atoms with Gasteiger partial charge in [0.2, 0.25) is 0 Å². The maximum Gasteiger partial charge on any atom is 1.00 e. The van der Waals surface area contributed by atoms with Crippen LogP contribution in [-0.4, -0.2) is 0 Å². The second-order valence-corrected chi connectivity index (χ2v) is 0.707. The van der Waals surface area contributed by atoms with Crippen molar-refractivity contribution < 1.29 is 103 Å². The van der Waals surface area contributed by atoms with Gasteiger partial charge in [-0.1, -0.05) is 20.3 Å². The number of hydrogen-bond acceptors (Lipinski definition) is 0. The van der Waals surface area contributed by atoms with Crippen molar-refractivity contribution in [1.82, 2.24) is 0 Å². The Labute approximate surface area is 121 Å². The van der Waals surface area contributed by atoms with Crippen molar-refractivity contribution in [1.29, 1.82) is 0 Å². The van der Waals surface area contributed by atoms with Crippen LogP contribution in [0.4, 0.5) is 0 Å². The van der Waals surface area contributed by atoms with E-state index in [1.165, 1.54) is 6.42 Å². The molecule has 0 N–H and O–H groups in total. The molecule has 0 aromatic rings. The van der Waals surface area contributed by atoms with Gasteiger partial charge in [-0.2, -0.15) is 0 Å². The van der Waals surface area contributed by atoms with Gasteiger partial charge >= 0.3 is 88.7 Å². The molecule has 0 spiro atoms. The average molecular weight is 170 g/mol. The smallest absolute Gasteiger partial charge is 1.00 e. The van der Waals surface area contributed by atoms with E-state index in [0.29, 0.717) is 0 Å². The molecule has 0 amide bonds. The number of halogens is 3. The maximum atomic E-state index is 2.12. The molecule has 0 bridgehead atoms. The summed E-state index contributed by atoms with van der Waals surface area (Å²) >= 11 is 0. The number of rotatable bonds is 0. The van der Waals surface area contributed by atoms with Crippen molar-refractivity contribution in [2.45, 2.75) is 20.3 Å². The first-order valence-electron chi connectivity index (χ1n) is 1.41. The van der Waals surface area contributed by atoms with Crippen molar-refractivity contribution >= 4 is 0 Å². The molecule has 44 valence electrons. The molecule has 0 fully saturated rings. The van der Waals surface area contributed by atoms with Crippen molar-refractivity contribution in [3.8, 4) is 0 Å². The summed E-state index contributed by atoms with van der Waals surface area (Å²) in [5.41, 5.74) is 0. The Hall–Kier alpha value is 2.79. The topological polar surface area (TPSA) is 0 Å². The molecule has 6 heteroatoms. The average Bonchev–Trinajstić information content (AvgIpc) is 0.918. The summed E-state index contributed by atoms with van der Waals surface area (Å²) in [6.45, 7) is 4.25.